The van der Waals surface area contributed by atoms with E-state index in [-0.39, 0.29) is 42.0 Å². The Bertz CT molecular complexity index is 418. The van der Waals surface area contributed by atoms with Crippen LogP contribution in [0.5, 0.6) is 0 Å². The smallest absolute Gasteiger partial charge is 0.309 e. The Labute approximate surface area is 113 Å². The molecule has 19 heavy (non-hydrogen) atoms. The summed E-state index contributed by atoms with van der Waals surface area (Å²) in [5.41, 5.74) is -0.742. The lowest BCUT2D eigenvalue weighted by atomic mass is 9.43. The van der Waals surface area contributed by atoms with Gasteiger partial charge in [-0.05, 0) is 37.0 Å². The molecule has 0 aromatic rings. The van der Waals surface area contributed by atoms with Crippen LogP contribution in [0.15, 0.2) is 0 Å². The van der Waals surface area contributed by atoms with E-state index in [9.17, 15) is 14.7 Å². The molecule has 0 spiro atoms. The van der Waals surface area contributed by atoms with Gasteiger partial charge < -0.3 is 9.84 Å². The van der Waals surface area contributed by atoms with E-state index in [1.165, 1.54) is 7.11 Å². The number of ether oxygens (including phenoxy) is 1. The predicted molar refractivity (Wildman–Crippen MR) is 68.1 cm³/mol. The normalized spacial score (nSPS) is 48.2. The quantitative estimate of drug-likeness (QED) is 0.768. The number of Topliss-reactive ketones (excluding diaryl/α,β-unsaturated/α-hetero) is 1. The van der Waals surface area contributed by atoms with Crippen molar-refractivity contribution >= 4 is 11.8 Å². The molecule has 0 aliphatic heterocycles. The molecule has 0 heterocycles. The Morgan fingerprint density at radius 2 is 2.21 bits per heavy atom. The minimum atomic E-state index is -0.742. The predicted octanol–water partition coefficient (Wildman–Crippen LogP) is 1.41. The molecule has 4 aliphatic carbocycles. The van der Waals surface area contributed by atoms with E-state index >= 15 is 0 Å². The average Bonchev–Trinajstić information content (AvgIpc) is 2.42. The number of fused-ring (bicyclic) bond motifs is 1. The van der Waals surface area contributed by atoms with E-state index in [0.717, 1.165) is 25.7 Å². The first-order chi connectivity index (χ1) is 9.04. The highest BCUT2D eigenvalue weighted by Gasteiger charge is 2.65. The van der Waals surface area contributed by atoms with Gasteiger partial charge in [0.2, 0.25) is 0 Å². The summed E-state index contributed by atoms with van der Waals surface area (Å²) < 4.78 is 4.97. The molecule has 4 nitrogen and oxygen atoms in total. The lowest BCUT2D eigenvalue weighted by Gasteiger charge is -2.59. The molecule has 0 unspecified atom stereocenters. The molecule has 0 radical (unpaired) electrons. The first-order valence-electron chi connectivity index (χ1n) is 7.27. The summed E-state index contributed by atoms with van der Waals surface area (Å²) in [6.45, 7) is 1.68. The molecular formula is C15H22O4. The number of esters is 1. The lowest BCUT2D eigenvalue weighted by molar-refractivity contribution is -0.187. The van der Waals surface area contributed by atoms with Gasteiger partial charge in [0.15, 0.2) is 0 Å². The minimum absolute atomic E-state index is 0.0278. The van der Waals surface area contributed by atoms with Crippen LogP contribution < -0.4 is 0 Å². The van der Waals surface area contributed by atoms with Gasteiger partial charge in [-0.25, -0.2) is 0 Å². The Morgan fingerprint density at radius 3 is 2.84 bits per heavy atom. The fourth-order valence-electron chi connectivity index (χ4n) is 5.06. The monoisotopic (exact) mass is 266 g/mol. The fourth-order valence-corrected chi connectivity index (χ4v) is 5.06. The summed E-state index contributed by atoms with van der Waals surface area (Å²) in [4.78, 5) is 24.8. The van der Waals surface area contributed by atoms with Gasteiger partial charge in [0.05, 0.1) is 25.0 Å². The molecule has 4 heteroatoms. The second kappa shape index (κ2) is 4.30. The molecule has 106 valence electrons. The van der Waals surface area contributed by atoms with Crippen LogP contribution in [0.4, 0.5) is 0 Å². The van der Waals surface area contributed by atoms with Crippen molar-refractivity contribution in [1.82, 2.24) is 0 Å². The van der Waals surface area contributed by atoms with Crippen molar-refractivity contribution < 1.29 is 19.4 Å². The standard InChI is InChI=1S/C15H22O4/c1-15(7-16)10-6-8-4-3-5-9(11(8)13(15)17)12(10)14(18)19-2/h8-12,16H,3-7H2,1-2H3/t8-,9-,10-,11+,12+,15-/m1/s1. The van der Waals surface area contributed by atoms with Crippen molar-refractivity contribution in [1.29, 1.82) is 0 Å². The van der Waals surface area contributed by atoms with Crippen molar-refractivity contribution in [3.05, 3.63) is 0 Å². The molecule has 0 saturated heterocycles. The van der Waals surface area contributed by atoms with E-state index in [0.29, 0.717) is 5.92 Å². The van der Waals surface area contributed by atoms with Crippen molar-refractivity contribution in [2.45, 2.75) is 32.6 Å². The number of hydrogen-bond donors (Lipinski definition) is 1. The van der Waals surface area contributed by atoms with Crippen molar-refractivity contribution in [2.75, 3.05) is 13.7 Å². The lowest BCUT2D eigenvalue weighted by Crippen LogP contribution is -2.64. The summed E-state index contributed by atoms with van der Waals surface area (Å²) in [6.07, 6.45) is 4.04. The van der Waals surface area contributed by atoms with Gasteiger partial charge in [0, 0.05) is 5.92 Å². The fraction of sp³-hybridized carbons (Fsp3) is 0.867. The van der Waals surface area contributed by atoms with E-state index in [1.54, 1.807) is 0 Å². The number of methoxy groups -OCH3 is 1. The topological polar surface area (TPSA) is 63.6 Å². The number of rotatable bonds is 2. The number of aliphatic hydroxyl groups is 1. The first-order valence-corrected chi connectivity index (χ1v) is 7.27. The summed E-state index contributed by atoms with van der Waals surface area (Å²) in [5.74, 6) is 0.321. The van der Waals surface area contributed by atoms with Gasteiger partial charge in [0.25, 0.3) is 0 Å². The second-order valence-corrected chi connectivity index (χ2v) is 6.71. The summed E-state index contributed by atoms with van der Waals surface area (Å²) >= 11 is 0. The van der Waals surface area contributed by atoms with Gasteiger partial charge >= 0.3 is 5.97 Å². The summed E-state index contributed by atoms with van der Waals surface area (Å²) in [5, 5.41) is 9.71. The van der Waals surface area contributed by atoms with Crippen molar-refractivity contribution in [3.8, 4) is 0 Å². The molecule has 4 saturated carbocycles. The van der Waals surface area contributed by atoms with Gasteiger partial charge in [-0.3, -0.25) is 9.59 Å². The number of carbonyl (C=O) groups is 2. The Balaban J connectivity index is 2.04. The molecule has 0 amide bonds. The maximum Gasteiger partial charge on any atom is 0.309 e. The molecule has 4 aliphatic rings. The van der Waals surface area contributed by atoms with E-state index < -0.39 is 5.41 Å². The second-order valence-electron chi connectivity index (χ2n) is 6.71. The molecule has 6 atom stereocenters. The third kappa shape index (κ3) is 1.55. The van der Waals surface area contributed by atoms with Crippen molar-refractivity contribution in [3.63, 3.8) is 0 Å². The zero-order valence-corrected chi connectivity index (χ0v) is 11.6. The van der Waals surface area contributed by atoms with Crippen LogP contribution in [0.25, 0.3) is 0 Å². The van der Waals surface area contributed by atoms with Crippen LogP contribution in [-0.2, 0) is 14.3 Å². The first kappa shape index (κ1) is 13.1. The number of hydrogen-bond acceptors (Lipinski definition) is 4. The molecule has 1 N–H and O–H groups in total. The SMILES string of the molecule is COC(=O)[C@H]1[C@@H]2CCC[C@@H]3C[C@H]1[C@@](C)(CO)C(=O)[C@@H]32. The van der Waals surface area contributed by atoms with Gasteiger partial charge in [0.1, 0.15) is 5.78 Å². The molecule has 0 aromatic carbocycles. The average molecular weight is 266 g/mol. The Hall–Kier alpha value is -0.900. The number of ketones is 1. The summed E-state index contributed by atoms with van der Waals surface area (Å²) in [7, 11) is 1.42. The van der Waals surface area contributed by atoms with Gasteiger partial charge in [-0.2, -0.15) is 0 Å². The molecule has 0 aromatic heterocycles. The zero-order valence-electron chi connectivity index (χ0n) is 11.6. The number of aliphatic hydroxyl groups excluding tert-OH is 1. The van der Waals surface area contributed by atoms with Gasteiger partial charge in [-0.1, -0.05) is 13.3 Å². The van der Waals surface area contributed by atoms with Crippen molar-refractivity contribution in [2.24, 2.45) is 35.0 Å². The van der Waals surface area contributed by atoms with Crippen LogP contribution in [0.1, 0.15) is 32.6 Å². The van der Waals surface area contributed by atoms with Crippen LogP contribution >= 0.6 is 0 Å². The highest BCUT2D eigenvalue weighted by atomic mass is 16.5. The van der Waals surface area contributed by atoms with Gasteiger partial charge in [-0.15, -0.1) is 0 Å². The van der Waals surface area contributed by atoms with Crippen LogP contribution in [0.2, 0.25) is 0 Å². The maximum absolute atomic E-state index is 12.7. The molecule has 4 rings (SSSR count). The largest absolute Gasteiger partial charge is 0.469 e. The minimum Gasteiger partial charge on any atom is -0.469 e. The van der Waals surface area contributed by atoms with Crippen LogP contribution in [0.3, 0.4) is 0 Å². The summed E-state index contributed by atoms with van der Waals surface area (Å²) in [6, 6.07) is 0. The maximum atomic E-state index is 12.7. The third-order valence-electron chi connectivity index (χ3n) is 6.02. The molecule has 4 fully saturated rings. The van der Waals surface area contributed by atoms with Crippen LogP contribution in [0, 0.1) is 35.0 Å². The van der Waals surface area contributed by atoms with E-state index in [4.69, 9.17) is 4.74 Å². The molecular weight excluding hydrogens is 244 g/mol. The highest BCUT2D eigenvalue weighted by Crippen LogP contribution is 2.61. The van der Waals surface area contributed by atoms with Crippen LogP contribution in [-0.4, -0.2) is 30.6 Å². The Kier molecular flexibility index (Phi) is 2.97. The Morgan fingerprint density at radius 1 is 1.47 bits per heavy atom. The number of carbonyl (C=O) groups excluding carboxylic acids is 2. The third-order valence-corrected chi connectivity index (χ3v) is 6.02. The zero-order chi connectivity index (χ0) is 13.8. The highest BCUT2D eigenvalue weighted by molar-refractivity contribution is 5.92. The van der Waals surface area contributed by atoms with E-state index in [1.807, 2.05) is 6.92 Å². The van der Waals surface area contributed by atoms with E-state index in [2.05, 4.69) is 0 Å². The molecule has 4 bridgehead atoms.